The summed E-state index contributed by atoms with van der Waals surface area (Å²) in [6, 6.07) is 5.79. The number of aromatic nitrogens is 3. The maximum Gasteiger partial charge on any atom is 0.155 e. The van der Waals surface area contributed by atoms with Crippen molar-refractivity contribution in [1.82, 2.24) is 19.3 Å². The van der Waals surface area contributed by atoms with Gasteiger partial charge >= 0.3 is 0 Å². The number of anilines is 1. The predicted molar refractivity (Wildman–Crippen MR) is 92.5 cm³/mol. The molecular weight excluding hydrogens is 321 g/mol. The minimum Gasteiger partial charge on any atom is -0.352 e. The molecule has 1 saturated heterocycles. The summed E-state index contributed by atoms with van der Waals surface area (Å²) in [5.74, 6) is 1.01. The molecule has 0 amide bonds. The Balaban J connectivity index is 0.00000144. The van der Waals surface area contributed by atoms with Crippen molar-refractivity contribution in [3.05, 3.63) is 35.7 Å². The zero-order chi connectivity index (χ0) is 14.4. The summed E-state index contributed by atoms with van der Waals surface area (Å²) in [4.78, 5) is 13.8. The minimum absolute atomic E-state index is 0. The molecule has 22 heavy (non-hydrogen) atoms. The first-order valence-corrected chi connectivity index (χ1v) is 7.45. The van der Waals surface area contributed by atoms with E-state index >= 15 is 0 Å². The number of piperazine rings is 1. The van der Waals surface area contributed by atoms with E-state index in [4.69, 9.17) is 16.6 Å². The molecular formula is C15H17Cl2N5. The second-order valence-corrected chi connectivity index (χ2v) is 5.94. The van der Waals surface area contributed by atoms with Crippen LogP contribution in [0.1, 0.15) is 0 Å². The Kier molecular flexibility index (Phi) is 4.12. The van der Waals surface area contributed by atoms with Gasteiger partial charge in [0.1, 0.15) is 5.52 Å². The SMILES string of the molecule is CN1CCN(c2nc3ccc(Cl)cc3n3cncc23)CC1.Cl. The highest BCUT2D eigenvalue weighted by atomic mass is 35.5. The van der Waals surface area contributed by atoms with Gasteiger partial charge in [-0.25, -0.2) is 9.97 Å². The van der Waals surface area contributed by atoms with E-state index in [1.807, 2.05) is 30.7 Å². The van der Waals surface area contributed by atoms with Crippen molar-refractivity contribution in [3.8, 4) is 0 Å². The van der Waals surface area contributed by atoms with Crippen LogP contribution < -0.4 is 4.90 Å². The van der Waals surface area contributed by atoms with Crippen molar-refractivity contribution < 1.29 is 0 Å². The Hall–Kier alpha value is -1.56. The van der Waals surface area contributed by atoms with Crippen LogP contribution >= 0.6 is 24.0 Å². The predicted octanol–water partition coefficient (Wildman–Crippen LogP) is 2.71. The molecule has 0 aliphatic carbocycles. The van der Waals surface area contributed by atoms with E-state index in [-0.39, 0.29) is 12.4 Å². The van der Waals surface area contributed by atoms with Crippen LogP contribution in [0, 0.1) is 0 Å². The van der Waals surface area contributed by atoms with Crippen molar-refractivity contribution in [2.75, 3.05) is 38.1 Å². The van der Waals surface area contributed by atoms with E-state index in [1.165, 1.54) is 0 Å². The third-order valence-electron chi connectivity index (χ3n) is 4.09. The van der Waals surface area contributed by atoms with Gasteiger partial charge in [0.2, 0.25) is 0 Å². The summed E-state index contributed by atoms with van der Waals surface area (Å²) in [6.07, 6.45) is 3.70. The molecule has 1 aliphatic rings. The van der Waals surface area contributed by atoms with Crippen molar-refractivity contribution in [2.45, 2.75) is 0 Å². The summed E-state index contributed by atoms with van der Waals surface area (Å²) in [5, 5.41) is 0.714. The summed E-state index contributed by atoms with van der Waals surface area (Å²) in [6.45, 7) is 4.09. The standard InChI is InChI=1S/C15H16ClN5.ClH/c1-19-4-6-20(7-5-19)15-14-9-17-10-21(14)13-8-11(16)2-3-12(13)18-15;/h2-3,8-10H,4-7H2,1H3;1H. The van der Waals surface area contributed by atoms with Crippen molar-refractivity contribution >= 4 is 46.4 Å². The van der Waals surface area contributed by atoms with E-state index in [9.17, 15) is 0 Å². The largest absolute Gasteiger partial charge is 0.352 e. The number of halogens is 2. The monoisotopic (exact) mass is 337 g/mol. The van der Waals surface area contributed by atoms with Crippen molar-refractivity contribution in [2.24, 2.45) is 0 Å². The molecule has 1 fully saturated rings. The zero-order valence-corrected chi connectivity index (χ0v) is 13.8. The third kappa shape index (κ3) is 2.49. The number of imidazole rings is 1. The lowest BCUT2D eigenvalue weighted by Gasteiger charge is -2.33. The lowest BCUT2D eigenvalue weighted by molar-refractivity contribution is 0.312. The topological polar surface area (TPSA) is 36.7 Å². The fraction of sp³-hybridized carbons (Fsp3) is 0.333. The van der Waals surface area contributed by atoms with Crippen LogP contribution in [0.5, 0.6) is 0 Å². The summed E-state index contributed by atoms with van der Waals surface area (Å²) in [7, 11) is 2.15. The molecule has 0 spiro atoms. The first kappa shape index (κ1) is 15.3. The molecule has 0 unspecified atom stereocenters. The molecule has 0 radical (unpaired) electrons. The molecule has 0 atom stereocenters. The Labute approximate surface area is 139 Å². The van der Waals surface area contributed by atoms with Gasteiger partial charge in [-0.2, -0.15) is 0 Å². The van der Waals surface area contributed by atoms with Gasteiger partial charge in [-0.05, 0) is 25.2 Å². The molecule has 116 valence electrons. The molecule has 0 N–H and O–H groups in total. The highest BCUT2D eigenvalue weighted by Crippen LogP contribution is 2.26. The number of nitrogens with zero attached hydrogens (tertiary/aromatic N) is 5. The summed E-state index contributed by atoms with van der Waals surface area (Å²) >= 11 is 6.11. The Morgan fingerprint density at radius 1 is 1.09 bits per heavy atom. The van der Waals surface area contributed by atoms with E-state index in [1.54, 1.807) is 0 Å². The van der Waals surface area contributed by atoms with Gasteiger partial charge in [-0.1, -0.05) is 11.6 Å². The molecule has 4 rings (SSSR count). The van der Waals surface area contributed by atoms with Gasteiger partial charge in [0.15, 0.2) is 5.82 Å². The Morgan fingerprint density at radius 2 is 1.86 bits per heavy atom. The van der Waals surface area contributed by atoms with E-state index in [0.717, 1.165) is 48.5 Å². The van der Waals surface area contributed by atoms with E-state index in [0.29, 0.717) is 5.02 Å². The first-order valence-electron chi connectivity index (χ1n) is 7.07. The third-order valence-corrected chi connectivity index (χ3v) is 4.33. The molecule has 7 heteroatoms. The van der Waals surface area contributed by atoms with Crippen LogP contribution in [0.3, 0.4) is 0 Å². The average Bonchev–Trinajstić information content (AvgIpc) is 2.97. The van der Waals surface area contributed by atoms with E-state index in [2.05, 4.69) is 26.2 Å². The quantitative estimate of drug-likeness (QED) is 0.684. The summed E-state index contributed by atoms with van der Waals surface area (Å²) < 4.78 is 2.07. The number of benzene rings is 1. The van der Waals surface area contributed by atoms with Gasteiger partial charge in [-0.15, -0.1) is 12.4 Å². The lowest BCUT2D eigenvalue weighted by Crippen LogP contribution is -2.45. The average molecular weight is 338 g/mol. The molecule has 1 aliphatic heterocycles. The molecule has 2 aromatic heterocycles. The summed E-state index contributed by atoms with van der Waals surface area (Å²) in [5.41, 5.74) is 2.97. The van der Waals surface area contributed by atoms with Gasteiger partial charge in [0, 0.05) is 31.2 Å². The van der Waals surface area contributed by atoms with Gasteiger partial charge in [0.05, 0.1) is 23.6 Å². The molecule has 3 heterocycles. The maximum absolute atomic E-state index is 6.11. The maximum atomic E-state index is 6.11. The molecule has 5 nitrogen and oxygen atoms in total. The number of hydrogen-bond acceptors (Lipinski definition) is 4. The lowest BCUT2D eigenvalue weighted by atomic mass is 10.2. The molecule has 0 bridgehead atoms. The number of rotatable bonds is 1. The van der Waals surface area contributed by atoms with Gasteiger partial charge < -0.3 is 9.80 Å². The fourth-order valence-corrected chi connectivity index (χ4v) is 3.03. The molecule has 3 aromatic rings. The van der Waals surface area contributed by atoms with Crippen LogP contribution in [0.15, 0.2) is 30.7 Å². The first-order chi connectivity index (χ1) is 10.2. The zero-order valence-electron chi connectivity index (χ0n) is 12.2. The molecule has 1 aromatic carbocycles. The Morgan fingerprint density at radius 3 is 2.64 bits per heavy atom. The number of likely N-dealkylation sites (N-methyl/N-ethyl adjacent to an activating group) is 1. The second kappa shape index (κ2) is 5.91. The Bertz CT molecular complexity index is 808. The smallest absolute Gasteiger partial charge is 0.155 e. The second-order valence-electron chi connectivity index (χ2n) is 5.51. The number of hydrogen-bond donors (Lipinski definition) is 0. The van der Waals surface area contributed by atoms with Crippen LogP contribution in [0.2, 0.25) is 5.02 Å². The van der Waals surface area contributed by atoms with Crippen molar-refractivity contribution in [3.63, 3.8) is 0 Å². The van der Waals surface area contributed by atoms with Crippen LogP contribution in [0.4, 0.5) is 5.82 Å². The van der Waals surface area contributed by atoms with Crippen LogP contribution in [0.25, 0.3) is 16.6 Å². The highest BCUT2D eigenvalue weighted by molar-refractivity contribution is 6.31. The highest BCUT2D eigenvalue weighted by Gasteiger charge is 2.19. The van der Waals surface area contributed by atoms with Crippen LogP contribution in [-0.4, -0.2) is 52.5 Å². The van der Waals surface area contributed by atoms with Crippen LogP contribution in [-0.2, 0) is 0 Å². The molecule has 0 saturated carbocycles. The van der Waals surface area contributed by atoms with Gasteiger partial charge in [0.25, 0.3) is 0 Å². The number of fused-ring (bicyclic) bond motifs is 3. The van der Waals surface area contributed by atoms with E-state index < -0.39 is 0 Å². The van der Waals surface area contributed by atoms with Crippen molar-refractivity contribution in [1.29, 1.82) is 0 Å². The fourth-order valence-electron chi connectivity index (χ4n) is 2.86. The minimum atomic E-state index is 0. The van der Waals surface area contributed by atoms with Gasteiger partial charge in [-0.3, -0.25) is 4.40 Å². The normalized spacial score (nSPS) is 16.2.